The second-order valence-electron chi connectivity index (χ2n) is 4.13. The number of nitrogens with zero attached hydrogens (tertiary/aromatic N) is 1. The van der Waals surface area contributed by atoms with E-state index in [1.807, 2.05) is 0 Å². The fourth-order valence-corrected chi connectivity index (χ4v) is 1.17. The van der Waals surface area contributed by atoms with Crippen molar-refractivity contribution in [2.75, 3.05) is 0 Å². The summed E-state index contributed by atoms with van der Waals surface area (Å²) in [5, 5.41) is 0. The van der Waals surface area contributed by atoms with Gasteiger partial charge in [0.25, 0.3) is 0 Å². The van der Waals surface area contributed by atoms with Gasteiger partial charge in [0, 0.05) is 0 Å². The molecular weight excluding hydrogens is 225 g/mol. The molecule has 4 nitrogen and oxygen atoms in total. The Balaban J connectivity index is 3.02. The Labute approximate surface area is 99.8 Å². The Hall–Kier alpha value is -1.65. The lowest BCUT2D eigenvalue weighted by molar-refractivity contribution is 0.0370. The van der Waals surface area contributed by atoms with Gasteiger partial charge in [-0.25, -0.2) is 14.2 Å². The molecule has 0 unspecified atom stereocenters. The molecule has 0 spiro atoms. The van der Waals surface area contributed by atoms with E-state index in [0.29, 0.717) is 0 Å². The Morgan fingerprint density at radius 3 is 2.47 bits per heavy atom. The molecule has 0 fully saturated rings. The molecule has 1 heterocycles. The first-order valence-corrected chi connectivity index (χ1v) is 5.43. The Kier molecular flexibility index (Phi) is 4.43. The molecule has 17 heavy (non-hydrogen) atoms. The molecule has 1 aromatic rings. The minimum atomic E-state index is -0.636. The third kappa shape index (κ3) is 4.01. The molecule has 0 aliphatic carbocycles. The number of hydrogen-bond acceptors (Lipinski definition) is 4. The number of hydrogen-bond donors (Lipinski definition) is 0. The van der Waals surface area contributed by atoms with Gasteiger partial charge in [0.15, 0.2) is 0 Å². The van der Waals surface area contributed by atoms with Gasteiger partial charge >= 0.3 is 5.97 Å². The predicted molar refractivity (Wildman–Crippen MR) is 60.5 cm³/mol. The van der Waals surface area contributed by atoms with E-state index in [4.69, 9.17) is 9.47 Å². The average Bonchev–Trinajstić information content (AvgIpc) is 2.19. The SMILES string of the molecule is CC(C)OC(=O)c1cc(F)cnc1OC(C)C. The number of carbonyl (C=O) groups is 1. The normalized spacial score (nSPS) is 10.8. The lowest BCUT2D eigenvalue weighted by atomic mass is 10.2. The number of esters is 1. The molecule has 0 amide bonds. The zero-order valence-corrected chi connectivity index (χ0v) is 10.4. The van der Waals surface area contributed by atoms with Gasteiger partial charge in [0.1, 0.15) is 11.4 Å². The minimum Gasteiger partial charge on any atom is -0.474 e. The summed E-state index contributed by atoms with van der Waals surface area (Å²) in [6.45, 7) is 7.02. The molecule has 1 rings (SSSR count). The summed E-state index contributed by atoms with van der Waals surface area (Å²) in [5.74, 6) is -1.15. The van der Waals surface area contributed by atoms with Crippen LogP contribution in [0.3, 0.4) is 0 Å². The van der Waals surface area contributed by atoms with E-state index in [1.165, 1.54) is 0 Å². The van der Waals surface area contributed by atoms with Crippen LogP contribution in [0, 0.1) is 5.82 Å². The van der Waals surface area contributed by atoms with Crippen molar-refractivity contribution in [3.63, 3.8) is 0 Å². The summed E-state index contributed by atoms with van der Waals surface area (Å²) < 4.78 is 23.4. The average molecular weight is 241 g/mol. The maximum atomic E-state index is 13.1. The number of carbonyl (C=O) groups excluding carboxylic acids is 1. The largest absolute Gasteiger partial charge is 0.474 e. The Morgan fingerprint density at radius 2 is 1.94 bits per heavy atom. The minimum absolute atomic E-state index is 0.00685. The van der Waals surface area contributed by atoms with Crippen LogP contribution in [0.5, 0.6) is 5.88 Å². The van der Waals surface area contributed by atoms with Crippen LogP contribution < -0.4 is 4.74 Å². The molecule has 0 aliphatic rings. The lowest BCUT2D eigenvalue weighted by Crippen LogP contribution is -2.16. The monoisotopic (exact) mass is 241 g/mol. The topological polar surface area (TPSA) is 48.4 Å². The molecule has 0 aromatic carbocycles. The second kappa shape index (κ2) is 5.61. The fourth-order valence-electron chi connectivity index (χ4n) is 1.17. The number of rotatable bonds is 4. The zero-order chi connectivity index (χ0) is 13.0. The van der Waals surface area contributed by atoms with E-state index in [-0.39, 0.29) is 23.7 Å². The molecule has 94 valence electrons. The maximum absolute atomic E-state index is 13.1. The predicted octanol–water partition coefficient (Wildman–Crippen LogP) is 2.57. The van der Waals surface area contributed by atoms with Crippen molar-refractivity contribution in [2.24, 2.45) is 0 Å². The van der Waals surface area contributed by atoms with Gasteiger partial charge in [-0.1, -0.05) is 0 Å². The quantitative estimate of drug-likeness (QED) is 0.760. The van der Waals surface area contributed by atoms with Crippen LogP contribution >= 0.6 is 0 Å². The number of aromatic nitrogens is 1. The van der Waals surface area contributed by atoms with Crippen LogP contribution in [0.15, 0.2) is 12.3 Å². The van der Waals surface area contributed by atoms with E-state index in [1.54, 1.807) is 27.7 Å². The summed E-state index contributed by atoms with van der Waals surface area (Å²) in [4.78, 5) is 15.4. The highest BCUT2D eigenvalue weighted by Crippen LogP contribution is 2.19. The number of halogens is 1. The van der Waals surface area contributed by atoms with Crippen LogP contribution in [0.25, 0.3) is 0 Å². The molecule has 0 saturated heterocycles. The molecule has 0 radical (unpaired) electrons. The first-order chi connectivity index (χ1) is 7.90. The standard InChI is InChI=1S/C12H16FNO3/c1-7(2)16-11-10(5-9(13)6-14-11)12(15)17-8(3)4/h5-8H,1-4H3. The van der Waals surface area contributed by atoms with Crippen LogP contribution in [-0.2, 0) is 4.74 Å². The van der Waals surface area contributed by atoms with Gasteiger partial charge in [0.05, 0.1) is 18.4 Å². The summed E-state index contributed by atoms with van der Waals surface area (Å²) in [5.41, 5.74) is 0.00685. The van der Waals surface area contributed by atoms with Gasteiger partial charge in [0.2, 0.25) is 5.88 Å². The van der Waals surface area contributed by atoms with Crippen LogP contribution in [0.4, 0.5) is 4.39 Å². The highest BCUT2D eigenvalue weighted by Gasteiger charge is 2.18. The second-order valence-corrected chi connectivity index (χ2v) is 4.13. The summed E-state index contributed by atoms with van der Waals surface area (Å²) in [6.07, 6.45) is 0.570. The molecular formula is C12H16FNO3. The fraction of sp³-hybridized carbons (Fsp3) is 0.500. The van der Waals surface area contributed by atoms with Crippen LogP contribution in [0.2, 0.25) is 0 Å². The van der Waals surface area contributed by atoms with Crippen molar-refractivity contribution in [3.05, 3.63) is 23.6 Å². The summed E-state index contributed by atoms with van der Waals surface area (Å²) >= 11 is 0. The van der Waals surface area contributed by atoms with Crippen molar-refractivity contribution in [3.8, 4) is 5.88 Å². The first-order valence-electron chi connectivity index (χ1n) is 5.43. The van der Waals surface area contributed by atoms with Crippen molar-refractivity contribution >= 4 is 5.97 Å². The summed E-state index contributed by atoms with van der Waals surface area (Å²) in [7, 11) is 0. The lowest BCUT2D eigenvalue weighted by Gasteiger charge is -2.13. The number of ether oxygens (including phenoxy) is 2. The Bertz CT molecular complexity index is 405. The molecule has 0 saturated carbocycles. The van der Waals surface area contributed by atoms with Gasteiger partial charge in [-0.3, -0.25) is 0 Å². The molecule has 0 aliphatic heterocycles. The van der Waals surface area contributed by atoms with Crippen molar-refractivity contribution in [2.45, 2.75) is 39.9 Å². The van der Waals surface area contributed by atoms with E-state index in [0.717, 1.165) is 12.3 Å². The van der Waals surface area contributed by atoms with Gasteiger partial charge in [-0.2, -0.15) is 0 Å². The highest BCUT2D eigenvalue weighted by atomic mass is 19.1. The molecule has 0 bridgehead atoms. The van der Waals surface area contributed by atoms with Gasteiger partial charge < -0.3 is 9.47 Å². The van der Waals surface area contributed by atoms with Gasteiger partial charge in [-0.15, -0.1) is 0 Å². The first kappa shape index (κ1) is 13.4. The molecule has 5 heteroatoms. The van der Waals surface area contributed by atoms with E-state index in [9.17, 15) is 9.18 Å². The van der Waals surface area contributed by atoms with Crippen molar-refractivity contribution in [1.82, 2.24) is 4.98 Å². The van der Waals surface area contributed by atoms with Crippen molar-refractivity contribution < 1.29 is 18.7 Å². The van der Waals surface area contributed by atoms with E-state index >= 15 is 0 Å². The molecule has 0 N–H and O–H groups in total. The maximum Gasteiger partial charge on any atom is 0.344 e. The Morgan fingerprint density at radius 1 is 1.29 bits per heavy atom. The number of pyridine rings is 1. The van der Waals surface area contributed by atoms with Crippen molar-refractivity contribution in [1.29, 1.82) is 0 Å². The highest BCUT2D eigenvalue weighted by molar-refractivity contribution is 5.91. The third-order valence-electron chi connectivity index (χ3n) is 1.73. The zero-order valence-electron chi connectivity index (χ0n) is 10.4. The molecule has 0 atom stereocenters. The molecule has 1 aromatic heterocycles. The van der Waals surface area contributed by atoms with Crippen LogP contribution in [-0.4, -0.2) is 23.2 Å². The summed E-state index contributed by atoms with van der Waals surface area (Å²) in [6, 6.07) is 1.06. The van der Waals surface area contributed by atoms with Gasteiger partial charge in [-0.05, 0) is 33.8 Å². The van der Waals surface area contributed by atoms with E-state index < -0.39 is 11.8 Å². The van der Waals surface area contributed by atoms with E-state index in [2.05, 4.69) is 4.98 Å². The smallest absolute Gasteiger partial charge is 0.344 e. The van der Waals surface area contributed by atoms with Crippen LogP contribution in [0.1, 0.15) is 38.1 Å². The third-order valence-corrected chi connectivity index (χ3v) is 1.73.